The monoisotopic (exact) mass is 137 g/mol. The van der Waals surface area contributed by atoms with Crippen LogP contribution in [0.2, 0.25) is 0 Å². The Balaban J connectivity index is -0.0000000800. The van der Waals surface area contributed by atoms with E-state index in [0.717, 1.165) is 0 Å². The second kappa shape index (κ2) is 10.9. The van der Waals surface area contributed by atoms with Crippen LogP contribution in [0.3, 0.4) is 0 Å². The fourth-order valence-electron chi connectivity index (χ4n) is 0. The van der Waals surface area contributed by atoms with E-state index in [1.165, 1.54) is 0 Å². The van der Waals surface area contributed by atoms with Crippen LogP contribution < -0.4 is 5.73 Å². The molecule has 0 aliphatic heterocycles. The van der Waals surface area contributed by atoms with Crippen LogP contribution in [0.15, 0.2) is 0 Å². The third kappa shape index (κ3) is 18.0. The fourth-order valence-corrected chi connectivity index (χ4v) is 0. The molecule has 5 heteroatoms. The van der Waals surface area contributed by atoms with Crippen molar-refractivity contribution in [1.29, 1.82) is 0 Å². The normalized spacial score (nSPS) is 5.29. The van der Waals surface area contributed by atoms with Crippen LogP contribution >= 0.6 is 0 Å². The Morgan fingerprint density at radius 1 is 1.71 bits per heavy atom. The first kappa shape index (κ1) is 16.0. The van der Waals surface area contributed by atoms with Gasteiger partial charge in [-0.1, -0.05) is 0 Å². The Morgan fingerprint density at radius 2 is 1.86 bits per heavy atom. The van der Waals surface area contributed by atoms with E-state index in [-0.39, 0.29) is 87.5 Å². The number of hydrogen-bond acceptors (Lipinski definition) is 2. The second-order valence-corrected chi connectivity index (χ2v) is 0.598. The summed E-state index contributed by atoms with van der Waals surface area (Å²) in [6.07, 6.45) is 0. The van der Waals surface area contributed by atoms with Crippen molar-refractivity contribution in [3.05, 3.63) is 0 Å². The largest absolute Gasteiger partial charge is 0.480 e. The number of carboxylic acid groups (broad SMARTS) is 1. The summed E-state index contributed by atoms with van der Waals surface area (Å²) < 4.78 is 0. The first-order valence-corrected chi connectivity index (χ1v) is 1.19. The summed E-state index contributed by atoms with van der Waals surface area (Å²) in [5.74, 6) is -0.968. The van der Waals surface area contributed by atoms with Gasteiger partial charge in [-0.15, -0.1) is 0 Å². The minimum atomic E-state index is -0.968. The molecule has 0 amide bonds. The van der Waals surface area contributed by atoms with E-state index in [9.17, 15) is 4.79 Å². The second-order valence-electron chi connectivity index (χ2n) is 0.598. The van der Waals surface area contributed by atoms with Gasteiger partial charge >= 0.3 is 5.97 Å². The molecular weight excluding hydrogens is 132 g/mol. The van der Waals surface area contributed by atoms with E-state index in [0.29, 0.717) is 0 Å². The molecule has 0 unspecified atom stereocenters. The molecule has 0 aliphatic carbocycles. The van der Waals surface area contributed by atoms with Crippen LogP contribution in [0.4, 0.5) is 0 Å². The molecule has 0 fully saturated rings. The van der Waals surface area contributed by atoms with Gasteiger partial charge in [-0.2, -0.15) is 0 Å². The SMILES string of the molecule is NCC(=O)O.[K].[Na]. The molecule has 0 saturated carbocycles. The predicted molar refractivity (Wildman–Crippen MR) is 28.2 cm³/mol. The minimum Gasteiger partial charge on any atom is -0.480 e. The molecule has 7 heavy (non-hydrogen) atoms. The molecule has 0 bridgehead atoms. The van der Waals surface area contributed by atoms with Crippen molar-refractivity contribution < 1.29 is 9.90 Å². The molecule has 0 aromatic heterocycles. The average Bonchev–Trinajstić information content (AvgIpc) is 1.38. The topological polar surface area (TPSA) is 63.3 Å². The fraction of sp³-hybridized carbons (Fsp3) is 0.500. The number of rotatable bonds is 1. The smallest absolute Gasteiger partial charge is 0.317 e. The molecule has 0 aromatic rings. The number of carboxylic acids is 1. The van der Waals surface area contributed by atoms with Gasteiger partial charge in [0.1, 0.15) is 0 Å². The standard InChI is InChI=1S/C2H5NO2.K.Na/c3-1-2(4)5;;/h1,3H2,(H,4,5);;. The van der Waals surface area contributed by atoms with Gasteiger partial charge in [-0.25, -0.2) is 0 Å². The Morgan fingerprint density at radius 3 is 1.86 bits per heavy atom. The zero-order valence-electron chi connectivity index (χ0n) is 4.64. The van der Waals surface area contributed by atoms with Crippen LogP contribution in [-0.4, -0.2) is 98.6 Å². The maximum absolute atomic E-state index is 9.24. The summed E-state index contributed by atoms with van der Waals surface area (Å²) in [7, 11) is 0. The molecule has 0 heterocycles. The molecule has 0 aliphatic rings. The maximum Gasteiger partial charge on any atom is 0.317 e. The van der Waals surface area contributed by atoms with Crippen molar-refractivity contribution in [2.75, 3.05) is 6.54 Å². The summed E-state index contributed by atoms with van der Waals surface area (Å²) >= 11 is 0. The van der Waals surface area contributed by atoms with E-state index in [1.54, 1.807) is 0 Å². The van der Waals surface area contributed by atoms with Crippen molar-refractivity contribution >= 4 is 86.9 Å². The summed E-state index contributed by atoms with van der Waals surface area (Å²) in [6.45, 7) is -0.278. The Kier molecular flexibility index (Phi) is 25.1. The Bertz CT molecular complexity index is 51.0. The van der Waals surface area contributed by atoms with Gasteiger partial charge in [0.25, 0.3) is 0 Å². The zero-order valence-corrected chi connectivity index (χ0v) is 9.76. The summed E-state index contributed by atoms with van der Waals surface area (Å²) in [5.41, 5.74) is 4.57. The number of nitrogens with two attached hydrogens (primary N) is 1. The first-order chi connectivity index (χ1) is 2.27. The molecule has 0 aromatic carbocycles. The van der Waals surface area contributed by atoms with Crippen LogP contribution in [0, 0.1) is 0 Å². The van der Waals surface area contributed by atoms with Crippen LogP contribution in [0.1, 0.15) is 0 Å². The molecule has 0 rings (SSSR count). The molecule has 3 nitrogen and oxygen atoms in total. The van der Waals surface area contributed by atoms with E-state index < -0.39 is 5.97 Å². The van der Waals surface area contributed by atoms with Crippen molar-refractivity contribution in [3.63, 3.8) is 0 Å². The molecule has 2 radical (unpaired) electrons. The third-order valence-electron chi connectivity index (χ3n) is 0.175. The molecule has 0 saturated heterocycles. The van der Waals surface area contributed by atoms with Gasteiger partial charge in [0.2, 0.25) is 0 Å². The van der Waals surface area contributed by atoms with E-state index in [2.05, 4.69) is 5.73 Å². The first-order valence-electron chi connectivity index (χ1n) is 1.19. The van der Waals surface area contributed by atoms with Gasteiger partial charge in [0.15, 0.2) is 0 Å². The minimum absolute atomic E-state index is 0. The Hall–Kier alpha value is 2.07. The van der Waals surface area contributed by atoms with E-state index in [4.69, 9.17) is 5.11 Å². The van der Waals surface area contributed by atoms with Gasteiger partial charge in [0, 0.05) is 80.9 Å². The number of carbonyl (C=O) groups is 1. The van der Waals surface area contributed by atoms with Crippen LogP contribution in [-0.2, 0) is 4.79 Å². The van der Waals surface area contributed by atoms with Gasteiger partial charge in [-0.3, -0.25) is 4.79 Å². The summed E-state index contributed by atoms with van der Waals surface area (Å²) in [5, 5.41) is 7.60. The Labute approximate surface area is 107 Å². The van der Waals surface area contributed by atoms with Crippen molar-refractivity contribution in [3.8, 4) is 0 Å². The summed E-state index contributed by atoms with van der Waals surface area (Å²) in [6, 6.07) is 0. The average molecular weight is 137 g/mol. The van der Waals surface area contributed by atoms with Crippen LogP contribution in [0.5, 0.6) is 0 Å². The zero-order chi connectivity index (χ0) is 4.28. The molecular formula is C2H5KNNaO2. The van der Waals surface area contributed by atoms with Gasteiger partial charge < -0.3 is 10.8 Å². The van der Waals surface area contributed by atoms with Crippen molar-refractivity contribution in [2.24, 2.45) is 5.73 Å². The predicted octanol–water partition coefficient (Wildman–Crippen LogP) is -1.73. The quantitative estimate of drug-likeness (QED) is 0.422. The number of hydrogen-bond donors (Lipinski definition) is 2. The van der Waals surface area contributed by atoms with Crippen molar-refractivity contribution in [2.45, 2.75) is 0 Å². The van der Waals surface area contributed by atoms with Crippen molar-refractivity contribution in [1.82, 2.24) is 0 Å². The molecule has 32 valence electrons. The third-order valence-corrected chi connectivity index (χ3v) is 0.175. The van der Waals surface area contributed by atoms with Gasteiger partial charge in [0.05, 0.1) is 6.54 Å². The maximum atomic E-state index is 9.24. The molecule has 3 N–H and O–H groups in total. The summed E-state index contributed by atoms with van der Waals surface area (Å²) in [4.78, 5) is 9.24. The molecule has 0 atom stereocenters. The number of aliphatic carboxylic acids is 1. The van der Waals surface area contributed by atoms with E-state index >= 15 is 0 Å². The van der Waals surface area contributed by atoms with Gasteiger partial charge in [-0.05, 0) is 0 Å². The van der Waals surface area contributed by atoms with Crippen LogP contribution in [0.25, 0.3) is 0 Å². The molecule has 0 spiro atoms. The van der Waals surface area contributed by atoms with E-state index in [1.807, 2.05) is 0 Å².